The van der Waals surface area contributed by atoms with Crippen molar-refractivity contribution in [3.8, 4) is 5.75 Å². The van der Waals surface area contributed by atoms with Gasteiger partial charge in [0.1, 0.15) is 17.6 Å². The Balaban J connectivity index is 2.50. The van der Waals surface area contributed by atoms with E-state index < -0.39 is 11.9 Å². The van der Waals surface area contributed by atoms with Crippen molar-refractivity contribution in [2.75, 3.05) is 7.11 Å². The molecule has 1 N–H and O–H groups in total. The molecule has 1 aromatic carbocycles. The Bertz CT molecular complexity index is 571. The summed E-state index contributed by atoms with van der Waals surface area (Å²) in [6.07, 6.45) is 0.490. The summed E-state index contributed by atoms with van der Waals surface area (Å²) in [4.78, 5) is 0. The molecule has 6 heteroatoms. The monoisotopic (exact) mass is 314 g/mol. The Morgan fingerprint density at radius 3 is 2.89 bits per heavy atom. The molecule has 0 aliphatic heterocycles. The first-order chi connectivity index (χ1) is 8.54. The summed E-state index contributed by atoms with van der Waals surface area (Å²) < 4.78 is 20.5. The van der Waals surface area contributed by atoms with Crippen molar-refractivity contribution in [1.82, 2.24) is 9.78 Å². The van der Waals surface area contributed by atoms with Gasteiger partial charge in [0.25, 0.3) is 0 Å². The van der Waals surface area contributed by atoms with Crippen LogP contribution in [0.25, 0.3) is 0 Å². The van der Waals surface area contributed by atoms with Crippen molar-refractivity contribution >= 4 is 15.9 Å². The molecule has 0 bridgehead atoms. The van der Waals surface area contributed by atoms with Crippen LogP contribution in [-0.2, 0) is 7.05 Å². The first-order valence-electron chi connectivity index (χ1n) is 5.23. The molecule has 1 heterocycles. The topological polar surface area (TPSA) is 47.3 Å². The highest BCUT2D eigenvalue weighted by atomic mass is 79.9. The lowest BCUT2D eigenvalue weighted by Crippen LogP contribution is -2.09. The molecule has 0 saturated carbocycles. The summed E-state index contributed by atoms with van der Waals surface area (Å²) in [6.45, 7) is 0. The minimum absolute atomic E-state index is 0.409. The van der Waals surface area contributed by atoms with E-state index in [0.717, 1.165) is 0 Å². The molecule has 0 aliphatic rings. The van der Waals surface area contributed by atoms with E-state index in [9.17, 15) is 9.50 Å². The lowest BCUT2D eigenvalue weighted by atomic mass is 10.1. The van der Waals surface area contributed by atoms with Crippen molar-refractivity contribution in [2.45, 2.75) is 6.10 Å². The van der Waals surface area contributed by atoms with Gasteiger partial charge in [-0.25, -0.2) is 4.39 Å². The second-order valence-electron chi connectivity index (χ2n) is 3.79. The van der Waals surface area contributed by atoms with Crippen LogP contribution in [0.2, 0.25) is 0 Å². The Labute approximate surface area is 112 Å². The largest absolute Gasteiger partial charge is 0.493 e. The normalized spacial score (nSPS) is 12.5. The Kier molecular flexibility index (Phi) is 3.68. The number of ether oxygens (including phenoxy) is 1. The zero-order chi connectivity index (χ0) is 13.3. The average Bonchev–Trinajstić information content (AvgIpc) is 2.72. The van der Waals surface area contributed by atoms with Gasteiger partial charge in [0, 0.05) is 17.1 Å². The number of aryl methyl sites for hydroxylation is 1. The second kappa shape index (κ2) is 5.07. The van der Waals surface area contributed by atoms with Crippen LogP contribution in [0.1, 0.15) is 17.4 Å². The van der Waals surface area contributed by atoms with Gasteiger partial charge >= 0.3 is 0 Å². The number of hydrogen-bond donors (Lipinski definition) is 1. The fraction of sp³-hybridized carbons (Fsp3) is 0.250. The molecular weight excluding hydrogens is 303 g/mol. The molecule has 0 saturated heterocycles. The molecule has 4 nitrogen and oxygen atoms in total. The molecule has 0 spiro atoms. The highest BCUT2D eigenvalue weighted by Crippen LogP contribution is 2.33. The zero-order valence-corrected chi connectivity index (χ0v) is 11.5. The van der Waals surface area contributed by atoms with Gasteiger partial charge in [-0.3, -0.25) is 4.68 Å². The smallest absolute Gasteiger partial charge is 0.162 e. The third-order valence-electron chi connectivity index (χ3n) is 2.68. The molecule has 2 rings (SSSR count). The fourth-order valence-corrected chi connectivity index (χ4v) is 2.23. The van der Waals surface area contributed by atoms with Crippen molar-refractivity contribution in [2.24, 2.45) is 7.05 Å². The minimum Gasteiger partial charge on any atom is -0.493 e. The van der Waals surface area contributed by atoms with Crippen LogP contribution in [0.5, 0.6) is 5.75 Å². The minimum atomic E-state index is -1.02. The van der Waals surface area contributed by atoms with E-state index >= 15 is 0 Å². The van der Waals surface area contributed by atoms with Gasteiger partial charge in [-0.2, -0.15) is 5.10 Å². The fourth-order valence-electron chi connectivity index (χ4n) is 1.77. The van der Waals surface area contributed by atoms with E-state index in [1.54, 1.807) is 13.1 Å². The molecule has 0 aliphatic carbocycles. The number of nitrogens with zero attached hydrogens (tertiary/aromatic N) is 2. The predicted octanol–water partition coefficient (Wildman–Crippen LogP) is 2.41. The predicted molar refractivity (Wildman–Crippen MR) is 67.9 cm³/mol. The third kappa shape index (κ3) is 2.26. The van der Waals surface area contributed by atoms with E-state index in [2.05, 4.69) is 21.0 Å². The molecule has 96 valence electrons. The first-order valence-corrected chi connectivity index (χ1v) is 6.02. The molecule has 0 fully saturated rings. The Morgan fingerprint density at radius 1 is 1.50 bits per heavy atom. The summed E-state index contributed by atoms with van der Waals surface area (Å²) in [5, 5.41) is 14.3. The van der Waals surface area contributed by atoms with Gasteiger partial charge in [-0.05, 0) is 18.2 Å². The lowest BCUT2D eigenvalue weighted by molar-refractivity contribution is 0.203. The van der Waals surface area contributed by atoms with Gasteiger partial charge in [0.05, 0.1) is 13.3 Å². The maximum absolute atomic E-state index is 13.2. The van der Waals surface area contributed by atoms with E-state index in [1.165, 1.54) is 30.1 Å². The van der Waals surface area contributed by atoms with Gasteiger partial charge in [-0.1, -0.05) is 15.9 Å². The highest BCUT2D eigenvalue weighted by Gasteiger charge is 2.22. The van der Waals surface area contributed by atoms with E-state index in [1.807, 2.05) is 0 Å². The molecular formula is C12H12BrFN2O2. The van der Waals surface area contributed by atoms with Crippen LogP contribution in [-0.4, -0.2) is 22.0 Å². The van der Waals surface area contributed by atoms with Crippen LogP contribution < -0.4 is 4.74 Å². The van der Waals surface area contributed by atoms with Crippen LogP contribution in [0.15, 0.2) is 28.9 Å². The standard InChI is InChI=1S/C12H12BrFN2O2/c1-16-11(10(18-2)6-15-16)12(17)8-5-7(14)3-4-9(8)13/h3-6,12,17H,1-2H3. The van der Waals surface area contributed by atoms with Crippen molar-refractivity contribution in [1.29, 1.82) is 0 Å². The summed E-state index contributed by atoms with van der Waals surface area (Å²) in [7, 11) is 3.18. The van der Waals surface area contributed by atoms with Crippen LogP contribution >= 0.6 is 15.9 Å². The molecule has 18 heavy (non-hydrogen) atoms. The lowest BCUT2D eigenvalue weighted by Gasteiger charge is -2.15. The number of hydrogen-bond acceptors (Lipinski definition) is 3. The average molecular weight is 315 g/mol. The summed E-state index contributed by atoms with van der Waals surface area (Å²) >= 11 is 3.29. The summed E-state index contributed by atoms with van der Waals surface area (Å²) in [5.41, 5.74) is 0.903. The number of aliphatic hydroxyl groups excluding tert-OH is 1. The molecule has 2 aromatic rings. The third-order valence-corrected chi connectivity index (χ3v) is 3.40. The molecule has 1 aromatic heterocycles. The molecule has 0 radical (unpaired) electrons. The molecule has 1 unspecified atom stereocenters. The number of aromatic nitrogens is 2. The first kappa shape index (κ1) is 13.0. The van der Waals surface area contributed by atoms with Gasteiger partial charge < -0.3 is 9.84 Å². The maximum atomic E-state index is 13.2. The van der Waals surface area contributed by atoms with Crippen LogP contribution in [0.4, 0.5) is 4.39 Å². The van der Waals surface area contributed by atoms with E-state index in [-0.39, 0.29) is 0 Å². The number of aliphatic hydroxyl groups is 1. The van der Waals surface area contributed by atoms with Gasteiger partial charge in [0.15, 0.2) is 5.75 Å². The zero-order valence-electron chi connectivity index (χ0n) is 9.89. The van der Waals surface area contributed by atoms with E-state index in [4.69, 9.17) is 4.74 Å². The van der Waals surface area contributed by atoms with Crippen LogP contribution in [0.3, 0.4) is 0 Å². The molecule has 0 amide bonds. The number of halogens is 2. The maximum Gasteiger partial charge on any atom is 0.162 e. The summed E-state index contributed by atoms with van der Waals surface area (Å²) in [5.74, 6) is 0.0505. The van der Waals surface area contributed by atoms with Crippen LogP contribution in [0, 0.1) is 5.82 Å². The SMILES string of the molecule is COc1cnn(C)c1C(O)c1cc(F)ccc1Br. The highest BCUT2D eigenvalue weighted by molar-refractivity contribution is 9.10. The van der Waals surface area contributed by atoms with Gasteiger partial charge in [-0.15, -0.1) is 0 Å². The van der Waals surface area contributed by atoms with Crippen molar-refractivity contribution in [3.63, 3.8) is 0 Å². The quantitative estimate of drug-likeness (QED) is 0.946. The number of methoxy groups -OCH3 is 1. The second-order valence-corrected chi connectivity index (χ2v) is 4.64. The van der Waals surface area contributed by atoms with E-state index in [0.29, 0.717) is 21.5 Å². The van der Waals surface area contributed by atoms with Crippen molar-refractivity contribution in [3.05, 3.63) is 45.9 Å². The Morgan fingerprint density at radius 2 is 2.22 bits per heavy atom. The Hall–Kier alpha value is -1.40. The number of benzene rings is 1. The molecule has 1 atom stereocenters. The number of rotatable bonds is 3. The van der Waals surface area contributed by atoms with Gasteiger partial charge in [0.2, 0.25) is 0 Å². The summed E-state index contributed by atoms with van der Waals surface area (Å²) in [6, 6.07) is 4.15. The van der Waals surface area contributed by atoms with Crippen molar-refractivity contribution < 1.29 is 14.2 Å².